The van der Waals surface area contributed by atoms with Crippen LogP contribution in [0.15, 0.2) is 36.1 Å². The third kappa shape index (κ3) is 5.59. The van der Waals surface area contributed by atoms with E-state index in [1.807, 2.05) is 0 Å². The van der Waals surface area contributed by atoms with E-state index in [9.17, 15) is 51.1 Å². The molecule has 0 saturated carbocycles. The van der Waals surface area contributed by atoms with E-state index in [-0.39, 0.29) is 34.1 Å². The number of ether oxygens (including phenoxy) is 5. The third-order valence-corrected chi connectivity index (χ3v) is 7.02. The Labute approximate surface area is 231 Å². The minimum Gasteiger partial charge on any atom is -0.508 e. The van der Waals surface area contributed by atoms with Crippen LogP contribution in [0.5, 0.6) is 28.7 Å². The van der Waals surface area contributed by atoms with Crippen molar-refractivity contribution >= 4 is 6.08 Å². The van der Waals surface area contributed by atoms with Crippen LogP contribution in [0.4, 0.5) is 0 Å². The summed E-state index contributed by atoms with van der Waals surface area (Å²) in [5.41, 5.74) is 0.309. The largest absolute Gasteiger partial charge is 0.508 e. The molecule has 0 amide bonds. The van der Waals surface area contributed by atoms with Crippen molar-refractivity contribution in [1.82, 2.24) is 0 Å². The van der Waals surface area contributed by atoms with Crippen molar-refractivity contribution in [2.24, 2.45) is 0 Å². The van der Waals surface area contributed by atoms with Crippen molar-refractivity contribution in [2.75, 3.05) is 13.2 Å². The van der Waals surface area contributed by atoms with Gasteiger partial charge in [-0.1, -0.05) is 6.07 Å². The lowest BCUT2D eigenvalue weighted by Gasteiger charge is -2.45. The van der Waals surface area contributed by atoms with E-state index in [1.54, 1.807) is 0 Å². The highest BCUT2D eigenvalue weighted by molar-refractivity contribution is 5.69. The average Bonchev–Trinajstić information content (AvgIpc) is 2.94. The summed E-state index contributed by atoms with van der Waals surface area (Å²) in [5.74, 6) is -1.69. The van der Waals surface area contributed by atoms with Gasteiger partial charge in [-0.05, 0) is 18.2 Å². The Morgan fingerprint density at radius 2 is 1.56 bits per heavy atom. The van der Waals surface area contributed by atoms with Gasteiger partial charge in [0.1, 0.15) is 59.6 Å². The van der Waals surface area contributed by atoms with E-state index < -0.39 is 86.1 Å². The van der Waals surface area contributed by atoms with Gasteiger partial charge in [-0.15, -0.1) is 0 Å². The smallest absolute Gasteiger partial charge is 0.229 e. The highest BCUT2D eigenvalue weighted by Crippen LogP contribution is 2.45. The van der Waals surface area contributed by atoms with Crippen LogP contribution in [-0.2, 0) is 18.9 Å². The molecule has 0 spiro atoms. The van der Waals surface area contributed by atoms with Crippen LogP contribution in [0.1, 0.15) is 17.2 Å². The molecule has 3 aliphatic heterocycles. The molecule has 10 N–H and O–H groups in total. The fourth-order valence-corrected chi connectivity index (χ4v) is 4.76. The lowest BCUT2D eigenvalue weighted by Crippen LogP contribution is -2.63. The SMILES string of the molecule is OC[C@H]1O[C@@H](OC2=Cc3c(O)cc(O)cc3OC2c2ccc(O)c(O)c2)[C@H](O[C@@H]2OC[C@@H](O)[C@H](O)[C@H]2O)[C@@H](O)[C@@H]1O. The van der Waals surface area contributed by atoms with E-state index in [0.29, 0.717) is 0 Å². The fourth-order valence-electron chi connectivity index (χ4n) is 4.76. The Bertz CT molecular complexity index is 1280. The first-order valence-corrected chi connectivity index (χ1v) is 12.5. The maximum absolute atomic E-state index is 10.9. The highest BCUT2D eigenvalue weighted by atomic mass is 16.8. The van der Waals surface area contributed by atoms with Crippen LogP contribution in [-0.4, -0.2) is 120 Å². The van der Waals surface area contributed by atoms with E-state index in [0.717, 1.165) is 6.07 Å². The van der Waals surface area contributed by atoms with Crippen molar-refractivity contribution in [3.05, 3.63) is 47.2 Å². The molecule has 15 heteroatoms. The summed E-state index contributed by atoms with van der Waals surface area (Å²) in [6.45, 7) is -1.17. The van der Waals surface area contributed by atoms with Crippen molar-refractivity contribution in [1.29, 1.82) is 0 Å². The zero-order chi connectivity index (χ0) is 29.6. The first-order chi connectivity index (χ1) is 19.5. The number of hydrogen-bond acceptors (Lipinski definition) is 15. The second kappa shape index (κ2) is 11.5. The summed E-state index contributed by atoms with van der Waals surface area (Å²) in [4.78, 5) is 0. The summed E-state index contributed by atoms with van der Waals surface area (Å²) < 4.78 is 28.6. The topological polar surface area (TPSA) is 248 Å². The first kappa shape index (κ1) is 29.1. The monoisotopic (exact) mass is 582 g/mol. The predicted molar refractivity (Wildman–Crippen MR) is 132 cm³/mol. The van der Waals surface area contributed by atoms with Crippen LogP contribution >= 0.6 is 0 Å². The van der Waals surface area contributed by atoms with Crippen molar-refractivity contribution < 1.29 is 74.7 Å². The molecule has 0 aliphatic carbocycles. The van der Waals surface area contributed by atoms with Crippen molar-refractivity contribution in [3.63, 3.8) is 0 Å². The van der Waals surface area contributed by atoms with Gasteiger partial charge in [0.2, 0.25) is 6.29 Å². The third-order valence-electron chi connectivity index (χ3n) is 7.02. The number of phenolic OH excluding ortho intramolecular Hbond substituents is 4. The number of phenols is 4. The first-order valence-electron chi connectivity index (χ1n) is 12.5. The van der Waals surface area contributed by atoms with Crippen LogP contribution in [0.3, 0.4) is 0 Å². The van der Waals surface area contributed by atoms with Crippen molar-refractivity contribution in [3.8, 4) is 28.7 Å². The summed E-state index contributed by atoms with van der Waals surface area (Å²) in [7, 11) is 0. The summed E-state index contributed by atoms with van der Waals surface area (Å²) >= 11 is 0. The summed E-state index contributed by atoms with van der Waals surface area (Å²) in [5, 5.41) is 101. The number of benzene rings is 2. The molecule has 1 unspecified atom stereocenters. The maximum Gasteiger partial charge on any atom is 0.229 e. The van der Waals surface area contributed by atoms with Gasteiger partial charge >= 0.3 is 0 Å². The van der Waals surface area contributed by atoms with Gasteiger partial charge < -0.3 is 74.7 Å². The molecule has 0 aromatic heterocycles. The maximum atomic E-state index is 10.9. The predicted octanol–water partition coefficient (Wildman–Crippen LogP) is -1.74. The van der Waals surface area contributed by atoms with E-state index >= 15 is 0 Å². The Hall–Kier alpha value is -3.38. The van der Waals surface area contributed by atoms with Gasteiger partial charge in [-0.25, -0.2) is 0 Å². The van der Waals surface area contributed by atoms with Gasteiger partial charge in [0.05, 0.1) is 18.8 Å². The fraction of sp³-hybridized carbons (Fsp3) is 0.462. The molecule has 3 aliphatic rings. The normalized spacial score (nSPS) is 35.2. The van der Waals surface area contributed by atoms with E-state index in [2.05, 4.69) is 0 Å². The van der Waals surface area contributed by atoms with Gasteiger partial charge in [-0.2, -0.15) is 0 Å². The van der Waals surface area contributed by atoms with Gasteiger partial charge in [0.25, 0.3) is 0 Å². The summed E-state index contributed by atoms with van der Waals surface area (Å²) in [6, 6.07) is 6.04. The molecule has 41 heavy (non-hydrogen) atoms. The van der Waals surface area contributed by atoms with Crippen LogP contribution < -0.4 is 4.74 Å². The Balaban J connectivity index is 1.51. The summed E-state index contributed by atoms with van der Waals surface area (Å²) in [6.07, 6.45) is -14.4. The van der Waals surface area contributed by atoms with Crippen LogP contribution in [0.2, 0.25) is 0 Å². The van der Waals surface area contributed by atoms with Gasteiger partial charge in [0, 0.05) is 17.7 Å². The molecule has 2 aromatic rings. The van der Waals surface area contributed by atoms with Gasteiger partial charge in [-0.3, -0.25) is 0 Å². The van der Waals surface area contributed by atoms with Gasteiger partial charge in [0.15, 0.2) is 30.0 Å². The molecule has 15 nitrogen and oxygen atoms in total. The average molecular weight is 583 g/mol. The lowest BCUT2D eigenvalue weighted by molar-refractivity contribution is -0.352. The quantitative estimate of drug-likeness (QED) is 0.170. The number of aromatic hydroxyl groups is 4. The molecule has 5 rings (SSSR count). The van der Waals surface area contributed by atoms with E-state index in [1.165, 1.54) is 30.3 Å². The number of fused-ring (bicyclic) bond motifs is 1. The van der Waals surface area contributed by atoms with Crippen LogP contribution in [0.25, 0.3) is 6.08 Å². The zero-order valence-electron chi connectivity index (χ0n) is 21.2. The molecule has 2 fully saturated rings. The molecule has 224 valence electrons. The molecule has 0 bridgehead atoms. The Morgan fingerprint density at radius 1 is 0.805 bits per heavy atom. The molecule has 0 radical (unpaired) electrons. The minimum absolute atomic E-state index is 0.0275. The zero-order valence-corrected chi connectivity index (χ0v) is 21.2. The Kier molecular flexibility index (Phi) is 8.15. The number of hydrogen-bond donors (Lipinski definition) is 10. The van der Waals surface area contributed by atoms with Crippen molar-refractivity contribution in [2.45, 2.75) is 61.4 Å². The Morgan fingerprint density at radius 3 is 2.27 bits per heavy atom. The van der Waals surface area contributed by atoms with E-state index in [4.69, 9.17) is 23.7 Å². The number of rotatable bonds is 6. The molecule has 2 saturated heterocycles. The molecule has 2 aromatic carbocycles. The number of aliphatic hydroxyl groups excluding tert-OH is 6. The molecular weight excluding hydrogens is 552 g/mol. The second-order valence-electron chi connectivity index (χ2n) is 9.84. The standard InChI is InChI=1S/C26H30O15/c27-7-18-20(34)21(35)24(41-25-22(36)19(33)15(32)8-37-25)26(40-18)39-17-6-11-13(30)4-10(28)5-16(11)38-23(17)9-1-2-12(29)14(31)3-9/h1-6,15,18-36H,7-8H2/t15-,18-,19+,20-,21+,22-,23?,24-,25+,26-/m1/s1. The lowest BCUT2D eigenvalue weighted by atomic mass is 9.98. The molecular formula is C26H30O15. The molecule has 3 heterocycles. The second-order valence-corrected chi connectivity index (χ2v) is 9.84. The minimum atomic E-state index is -1.79. The number of aliphatic hydroxyl groups is 6. The van der Waals surface area contributed by atoms with Crippen LogP contribution in [0, 0.1) is 0 Å². The molecule has 10 atom stereocenters. The highest BCUT2D eigenvalue weighted by Gasteiger charge is 2.50.